The first kappa shape index (κ1) is 31.5. The van der Waals surface area contributed by atoms with Gasteiger partial charge in [0.2, 0.25) is 0 Å². The van der Waals surface area contributed by atoms with Crippen molar-refractivity contribution in [3.8, 4) is 51.0 Å². The Morgan fingerprint density at radius 2 is 0.897 bits per heavy atom. The summed E-state index contributed by atoms with van der Waals surface area (Å²) in [5, 5.41) is 7.66. The maximum absolute atomic E-state index is 5.07. The van der Waals surface area contributed by atoms with Gasteiger partial charge in [-0.2, -0.15) is 0 Å². The van der Waals surface area contributed by atoms with E-state index in [0.717, 1.165) is 38.8 Å². The summed E-state index contributed by atoms with van der Waals surface area (Å²) in [6.07, 6.45) is 0. The summed E-state index contributed by atoms with van der Waals surface area (Å²) >= 11 is 0. The van der Waals surface area contributed by atoms with Crippen LogP contribution in [-0.2, 0) is 5.41 Å². The summed E-state index contributed by atoms with van der Waals surface area (Å²) in [6.45, 7) is 0. The lowest BCUT2D eigenvalue weighted by atomic mass is 9.70. The fourth-order valence-electron chi connectivity index (χ4n) is 10.2. The van der Waals surface area contributed by atoms with Gasteiger partial charge in [-0.15, -0.1) is 0 Å². The average Bonchev–Trinajstić information content (AvgIpc) is 3.91. The molecule has 2 heterocycles. The normalized spacial score (nSPS) is 13.3. The van der Waals surface area contributed by atoms with E-state index in [1.807, 2.05) is 36.4 Å². The van der Waals surface area contributed by atoms with Crippen molar-refractivity contribution < 1.29 is 0 Å². The van der Waals surface area contributed by atoms with Gasteiger partial charge < -0.3 is 4.57 Å². The molecule has 0 unspecified atom stereocenters. The third-order valence-corrected chi connectivity index (χ3v) is 12.6. The lowest BCUT2D eigenvalue weighted by molar-refractivity contribution is 0.796. The van der Waals surface area contributed by atoms with Crippen molar-refractivity contribution in [2.75, 3.05) is 0 Å². The van der Waals surface area contributed by atoms with Crippen LogP contribution in [0.5, 0.6) is 0 Å². The first-order valence-electron chi connectivity index (χ1n) is 19.9. The molecule has 4 heteroatoms. The van der Waals surface area contributed by atoms with E-state index >= 15 is 0 Å². The highest BCUT2D eigenvalue weighted by molar-refractivity contribution is 6.17. The van der Waals surface area contributed by atoms with Crippen LogP contribution in [0.4, 0.5) is 0 Å². The Morgan fingerprint density at radius 3 is 1.59 bits per heavy atom. The predicted octanol–water partition coefficient (Wildman–Crippen LogP) is 13.0. The van der Waals surface area contributed by atoms with Gasteiger partial charge in [0.05, 0.1) is 16.4 Å². The first-order valence-corrected chi connectivity index (χ1v) is 19.9. The molecule has 2 aromatic heterocycles. The van der Waals surface area contributed by atoms with Gasteiger partial charge in [0, 0.05) is 33.2 Å². The number of nitrogens with zero attached hydrogens (tertiary/aromatic N) is 4. The summed E-state index contributed by atoms with van der Waals surface area (Å²) in [5.41, 5.74) is 13.9. The molecule has 0 fully saturated rings. The van der Waals surface area contributed by atoms with Gasteiger partial charge in [-0.05, 0) is 91.3 Å². The molecule has 0 saturated carbocycles. The molecule has 268 valence electrons. The number of fused-ring (bicyclic) bond motifs is 10. The molecule has 2 aliphatic rings. The summed E-state index contributed by atoms with van der Waals surface area (Å²) in [6, 6.07) is 70.2. The van der Waals surface area contributed by atoms with E-state index in [2.05, 4.69) is 162 Å². The Morgan fingerprint density at radius 1 is 0.345 bits per heavy atom. The van der Waals surface area contributed by atoms with E-state index in [9.17, 15) is 0 Å². The van der Waals surface area contributed by atoms with Gasteiger partial charge in [0.1, 0.15) is 0 Å². The van der Waals surface area contributed by atoms with Crippen LogP contribution < -0.4 is 0 Å². The molecule has 0 bridgehead atoms. The van der Waals surface area contributed by atoms with Crippen LogP contribution in [-0.4, -0.2) is 19.5 Å². The zero-order chi connectivity index (χ0) is 38.0. The minimum absolute atomic E-state index is 0.428. The van der Waals surface area contributed by atoms with E-state index < -0.39 is 5.41 Å². The number of rotatable bonds is 4. The lowest BCUT2D eigenvalue weighted by Crippen LogP contribution is -2.26. The molecule has 1 spiro atoms. The molecular weight excluding hydrogens is 705 g/mol. The fraction of sp³-hybridized carbons (Fsp3) is 0.0185. The number of hydrogen-bond donors (Lipinski definition) is 0. The molecule has 13 rings (SSSR count). The van der Waals surface area contributed by atoms with Crippen molar-refractivity contribution >= 4 is 43.4 Å². The molecular formula is C54H32N4. The zero-order valence-electron chi connectivity index (χ0n) is 31.3. The molecule has 9 aromatic carbocycles. The highest BCUT2D eigenvalue weighted by Gasteiger charge is 2.50. The zero-order valence-corrected chi connectivity index (χ0v) is 31.3. The van der Waals surface area contributed by atoms with E-state index in [1.165, 1.54) is 60.3 Å². The first-order chi connectivity index (χ1) is 28.8. The monoisotopic (exact) mass is 736 g/mol. The van der Waals surface area contributed by atoms with Crippen molar-refractivity contribution in [3.63, 3.8) is 0 Å². The smallest absolute Gasteiger partial charge is 0.164 e. The average molecular weight is 737 g/mol. The van der Waals surface area contributed by atoms with Crippen molar-refractivity contribution in [1.82, 2.24) is 19.5 Å². The molecule has 0 atom stereocenters. The topological polar surface area (TPSA) is 43.6 Å². The quantitative estimate of drug-likeness (QED) is 0.169. The Bertz CT molecular complexity index is 3390. The van der Waals surface area contributed by atoms with Crippen LogP contribution in [0.1, 0.15) is 22.3 Å². The molecule has 2 aliphatic carbocycles. The number of hydrogen-bond acceptors (Lipinski definition) is 3. The summed E-state index contributed by atoms with van der Waals surface area (Å²) in [7, 11) is 0. The highest BCUT2D eigenvalue weighted by atomic mass is 15.0. The minimum atomic E-state index is -0.428. The Balaban J connectivity index is 1.04. The Kier molecular flexibility index (Phi) is 6.34. The summed E-state index contributed by atoms with van der Waals surface area (Å²) in [4.78, 5) is 15.1. The Hall–Kier alpha value is -7.69. The van der Waals surface area contributed by atoms with Crippen LogP contribution in [0.3, 0.4) is 0 Å². The van der Waals surface area contributed by atoms with Crippen LogP contribution >= 0.6 is 0 Å². The van der Waals surface area contributed by atoms with E-state index in [4.69, 9.17) is 15.0 Å². The van der Waals surface area contributed by atoms with Crippen molar-refractivity contribution in [2.45, 2.75) is 5.41 Å². The van der Waals surface area contributed by atoms with Gasteiger partial charge in [-0.25, -0.2) is 15.0 Å². The summed E-state index contributed by atoms with van der Waals surface area (Å²) < 4.78 is 2.44. The van der Waals surface area contributed by atoms with Crippen LogP contribution in [0.25, 0.3) is 94.3 Å². The molecule has 0 N–H and O–H groups in total. The van der Waals surface area contributed by atoms with Gasteiger partial charge in [-0.3, -0.25) is 0 Å². The van der Waals surface area contributed by atoms with Gasteiger partial charge in [0.25, 0.3) is 0 Å². The molecule has 11 aromatic rings. The molecule has 4 nitrogen and oxygen atoms in total. The van der Waals surface area contributed by atoms with Gasteiger partial charge in [0.15, 0.2) is 17.5 Å². The second-order valence-corrected chi connectivity index (χ2v) is 15.5. The maximum Gasteiger partial charge on any atom is 0.164 e. The van der Waals surface area contributed by atoms with Crippen LogP contribution in [0.15, 0.2) is 194 Å². The fourth-order valence-corrected chi connectivity index (χ4v) is 10.2. The second-order valence-electron chi connectivity index (χ2n) is 15.5. The molecule has 58 heavy (non-hydrogen) atoms. The third-order valence-electron chi connectivity index (χ3n) is 12.6. The standard InChI is InChI=1S/C54H32N4/c1-3-13-35(14-4-1)51-55-52(36-15-5-2-6-16-36)57-53(56-51)37-27-30-48-42(31-37)41-20-8-10-24-47(41)58(48)38-28-29-40-39-19-7-9-21-43(39)54(46(40)32-38)44-22-11-17-33-25-26-34-18-12-23-45(54)50(34)49(33)44/h1-32H. The SMILES string of the molecule is c1ccc(-c2nc(-c3ccccc3)nc(-c3ccc4c(c3)c3ccccc3n4-c3ccc4c(c3)C3(c5ccccc5-4)c4cccc5ccc6cccc3c6c45)n2)cc1. The molecule has 0 aliphatic heterocycles. The largest absolute Gasteiger partial charge is 0.309 e. The molecule has 0 radical (unpaired) electrons. The van der Waals surface area contributed by atoms with Crippen molar-refractivity contribution in [3.05, 3.63) is 216 Å². The second kappa shape index (κ2) is 11.7. The van der Waals surface area contributed by atoms with Crippen molar-refractivity contribution in [1.29, 1.82) is 0 Å². The van der Waals surface area contributed by atoms with Gasteiger partial charge in [-0.1, -0.05) is 158 Å². The summed E-state index contributed by atoms with van der Waals surface area (Å²) in [5.74, 6) is 1.95. The number of para-hydroxylation sites is 1. The minimum Gasteiger partial charge on any atom is -0.309 e. The lowest BCUT2D eigenvalue weighted by Gasteiger charge is -2.31. The predicted molar refractivity (Wildman–Crippen MR) is 236 cm³/mol. The van der Waals surface area contributed by atoms with Gasteiger partial charge >= 0.3 is 0 Å². The van der Waals surface area contributed by atoms with E-state index in [-0.39, 0.29) is 0 Å². The highest BCUT2D eigenvalue weighted by Crippen LogP contribution is 2.62. The molecule has 0 amide bonds. The van der Waals surface area contributed by atoms with E-state index in [1.54, 1.807) is 0 Å². The third kappa shape index (κ3) is 4.16. The Labute approximate surface area is 334 Å². The van der Waals surface area contributed by atoms with Crippen LogP contribution in [0.2, 0.25) is 0 Å². The molecule has 0 saturated heterocycles. The van der Waals surface area contributed by atoms with Crippen molar-refractivity contribution in [2.24, 2.45) is 0 Å². The number of aromatic nitrogens is 4. The van der Waals surface area contributed by atoms with E-state index in [0.29, 0.717) is 17.5 Å². The van der Waals surface area contributed by atoms with Crippen LogP contribution in [0, 0.1) is 0 Å². The number of benzene rings is 9. The maximum atomic E-state index is 5.07.